The van der Waals surface area contributed by atoms with Crippen LogP contribution in [0.15, 0.2) is 42.6 Å². The summed E-state index contributed by atoms with van der Waals surface area (Å²) in [5.41, 5.74) is 8.98. The number of ketones is 1. The van der Waals surface area contributed by atoms with E-state index in [1.54, 1.807) is 20.3 Å². The Balaban J connectivity index is 1.37. The van der Waals surface area contributed by atoms with Crippen LogP contribution >= 0.6 is 12.2 Å². The molecule has 2 N–H and O–H groups in total. The number of ether oxygens (including phenoxy) is 3. The van der Waals surface area contributed by atoms with Crippen molar-refractivity contribution in [2.45, 2.75) is 25.9 Å². The van der Waals surface area contributed by atoms with Gasteiger partial charge in [-0.15, -0.1) is 0 Å². The summed E-state index contributed by atoms with van der Waals surface area (Å²) >= 11 is 5.59. The van der Waals surface area contributed by atoms with Crippen LogP contribution in [0.3, 0.4) is 0 Å². The van der Waals surface area contributed by atoms with Gasteiger partial charge in [-0.05, 0) is 37.3 Å². The number of benzene rings is 2. The SMILES string of the molecule is COc1cc2nc(=S)n(CCn3cc(C(=O)CCCN4CCOCC4)c4ccccc43)c(N)c2cc1OC. The Morgan fingerprint density at radius 2 is 1.79 bits per heavy atom. The molecule has 0 spiro atoms. The number of methoxy groups -OCH3 is 2. The van der Waals surface area contributed by atoms with Crippen LogP contribution < -0.4 is 15.2 Å². The minimum absolute atomic E-state index is 0.165. The van der Waals surface area contributed by atoms with E-state index in [1.165, 1.54) is 0 Å². The first kappa shape index (κ1) is 26.1. The molecule has 5 rings (SSSR count). The summed E-state index contributed by atoms with van der Waals surface area (Å²) in [4.78, 5) is 20.2. The average molecular weight is 536 g/mol. The third-order valence-electron chi connectivity index (χ3n) is 7.15. The number of Topliss-reactive ketones (excluding diaryl/α,β-unsaturated/α-hetero) is 1. The number of para-hydroxylation sites is 1. The average Bonchev–Trinajstić information content (AvgIpc) is 3.31. The van der Waals surface area contributed by atoms with Gasteiger partial charge in [0.2, 0.25) is 4.77 Å². The number of anilines is 1. The first-order valence-corrected chi connectivity index (χ1v) is 13.2. The molecule has 0 radical (unpaired) electrons. The van der Waals surface area contributed by atoms with Gasteiger partial charge in [0.25, 0.3) is 0 Å². The van der Waals surface area contributed by atoms with Crippen molar-refractivity contribution in [3.63, 3.8) is 0 Å². The Morgan fingerprint density at radius 3 is 2.55 bits per heavy atom. The normalized spacial score (nSPS) is 14.3. The Hall–Kier alpha value is -3.47. The zero-order valence-corrected chi connectivity index (χ0v) is 22.6. The van der Waals surface area contributed by atoms with Crippen molar-refractivity contribution in [3.05, 3.63) is 52.9 Å². The van der Waals surface area contributed by atoms with Gasteiger partial charge in [0.15, 0.2) is 17.3 Å². The second-order valence-electron chi connectivity index (χ2n) is 9.39. The van der Waals surface area contributed by atoms with Gasteiger partial charge >= 0.3 is 0 Å². The topological polar surface area (TPSA) is 96.8 Å². The van der Waals surface area contributed by atoms with E-state index in [-0.39, 0.29) is 5.78 Å². The number of morpholine rings is 1. The molecule has 0 saturated carbocycles. The van der Waals surface area contributed by atoms with E-state index >= 15 is 0 Å². The Kier molecular flexibility index (Phi) is 7.92. The lowest BCUT2D eigenvalue weighted by Gasteiger charge is -2.26. The van der Waals surface area contributed by atoms with E-state index in [2.05, 4.69) is 14.5 Å². The Morgan fingerprint density at radius 1 is 1.05 bits per heavy atom. The molecule has 1 aliphatic rings. The fraction of sp³-hybridized carbons (Fsp3) is 0.393. The van der Waals surface area contributed by atoms with Crippen LogP contribution in [0.2, 0.25) is 0 Å². The van der Waals surface area contributed by atoms with Gasteiger partial charge in [-0.3, -0.25) is 9.69 Å². The van der Waals surface area contributed by atoms with Crippen LogP contribution in [0.4, 0.5) is 5.82 Å². The summed E-state index contributed by atoms with van der Waals surface area (Å²) in [6, 6.07) is 11.6. The highest BCUT2D eigenvalue weighted by molar-refractivity contribution is 7.71. The van der Waals surface area contributed by atoms with E-state index in [0.717, 1.165) is 61.1 Å². The number of carbonyl (C=O) groups excluding carboxylic acids is 1. The van der Waals surface area contributed by atoms with Gasteiger partial charge in [-0.2, -0.15) is 0 Å². The number of nitrogen functional groups attached to an aromatic ring is 1. The number of nitrogens with zero attached hydrogens (tertiary/aromatic N) is 4. The van der Waals surface area contributed by atoms with E-state index in [9.17, 15) is 4.79 Å². The van der Waals surface area contributed by atoms with Crippen molar-refractivity contribution < 1.29 is 19.0 Å². The molecule has 2 aromatic carbocycles. The molecular weight excluding hydrogens is 502 g/mol. The smallest absolute Gasteiger partial charge is 0.201 e. The van der Waals surface area contributed by atoms with Gasteiger partial charge in [-0.1, -0.05) is 18.2 Å². The molecule has 0 atom stereocenters. The largest absolute Gasteiger partial charge is 0.493 e. The highest BCUT2D eigenvalue weighted by atomic mass is 32.1. The van der Waals surface area contributed by atoms with Gasteiger partial charge in [0.05, 0.1) is 33.0 Å². The van der Waals surface area contributed by atoms with Crippen LogP contribution in [0, 0.1) is 4.77 Å². The van der Waals surface area contributed by atoms with Crippen molar-refractivity contribution in [2.24, 2.45) is 0 Å². The van der Waals surface area contributed by atoms with Gasteiger partial charge in [0, 0.05) is 66.7 Å². The van der Waals surface area contributed by atoms with Crippen molar-refractivity contribution in [1.82, 2.24) is 19.0 Å². The maximum Gasteiger partial charge on any atom is 0.201 e. The standard InChI is InChI=1S/C28H33N5O4S/c1-35-25-16-20-22(17-26(25)36-2)30-28(38)33(27(20)29)11-10-32-18-21(19-6-3-4-7-23(19)32)24(34)8-5-9-31-12-14-37-15-13-31/h3-4,6-7,16-18H,5,8-15,29H2,1-2H3. The number of nitrogens with two attached hydrogens (primary N) is 1. The molecule has 0 aliphatic carbocycles. The predicted molar refractivity (Wildman–Crippen MR) is 151 cm³/mol. The predicted octanol–water partition coefficient (Wildman–Crippen LogP) is 4.32. The van der Waals surface area contributed by atoms with Crippen LogP contribution in [-0.4, -0.2) is 71.9 Å². The van der Waals surface area contributed by atoms with Gasteiger partial charge in [-0.25, -0.2) is 4.98 Å². The van der Waals surface area contributed by atoms with Crippen LogP contribution in [0.1, 0.15) is 23.2 Å². The van der Waals surface area contributed by atoms with E-state index in [4.69, 9.17) is 32.2 Å². The quantitative estimate of drug-likeness (QED) is 0.237. The minimum Gasteiger partial charge on any atom is -0.493 e. The molecule has 9 nitrogen and oxygen atoms in total. The van der Waals surface area contributed by atoms with Gasteiger partial charge in [0.1, 0.15) is 5.82 Å². The molecule has 1 saturated heterocycles. The summed E-state index contributed by atoms with van der Waals surface area (Å²) in [5, 5.41) is 1.71. The third kappa shape index (κ3) is 5.24. The fourth-order valence-electron chi connectivity index (χ4n) is 5.08. The van der Waals surface area contributed by atoms with E-state index in [0.29, 0.717) is 47.1 Å². The van der Waals surface area contributed by atoms with Crippen LogP contribution in [0.5, 0.6) is 11.5 Å². The number of aromatic nitrogens is 3. The van der Waals surface area contributed by atoms with E-state index in [1.807, 2.05) is 41.1 Å². The summed E-state index contributed by atoms with van der Waals surface area (Å²) in [5.74, 6) is 1.82. The zero-order chi connectivity index (χ0) is 26.6. The second-order valence-corrected chi connectivity index (χ2v) is 9.75. The molecule has 1 fully saturated rings. The monoisotopic (exact) mass is 535 g/mol. The molecule has 3 heterocycles. The molecule has 0 bridgehead atoms. The van der Waals surface area contributed by atoms with Gasteiger partial charge < -0.3 is 29.1 Å². The molecule has 38 heavy (non-hydrogen) atoms. The molecule has 2 aromatic heterocycles. The third-order valence-corrected chi connectivity index (χ3v) is 7.46. The van der Waals surface area contributed by atoms with Crippen molar-refractivity contribution >= 4 is 45.6 Å². The summed E-state index contributed by atoms with van der Waals surface area (Å²) < 4.78 is 20.6. The molecule has 10 heteroatoms. The number of fused-ring (bicyclic) bond motifs is 2. The molecule has 0 amide bonds. The minimum atomic E-state index is 0.165. The number of hydrogen-bond donors (Lipinski definition) is 1. The number of carbonyl (C=O) groups is 1. The maximum absolute atomic E-state index is 13.2. The molecule has 4 aromatic rings. The number of rotatable bonds is 10. The van der Waals surface area contributed by atoms with E-state index < -0.39 is 0 Å². The highest BCUT2D eigenvalue weighted by Gasteiger charge is 2.17. The lowest BCUT2D eigenvalue weighted by Crippen LogP contribution is -2.36. The maximum atomic E-state index is 13.2. The Bertz CT molecular complexity index is 1520. The summed E-state index contributed by atoms with van der Waals surface area (Å²) in [7, 11) is 3.16. The van der Waals surface area contributed by atoms with Crippen molar-refractivity contribution in [2.75, 3.05) is 52.8 Å². The fourth-order valence-corrected chi connectivity index (χ4v) is 5.37. The van der Waals surface area contributed by atoms with Crippen molar-refractivity contribution in [3.8, 4) is 11.5 Å². The molecule has 0 unspecified atom stereocenters. The second kappa shape index (κ2) is 11.5. The lowest BCUT2D eigenvalue weighted by molar-refractivity contribution is 0.0371. The summed E-state index contributed by atoms with van der Waals surface area (Å²) in [6.45, 7) is 5.41. The first-order valence-electron chi connectivity index (χ1n) is 12.8. The van der Waals surface area contributed by atoms with Crippen molar-refractivity contribution in [1.29, 1.82) is 0 Å². The first-order chi connectivity index (χ1) is 18.5. The van der Waals surface area contributed by atoms with Crippen LogP contribution in [-0.2, 0) is 17.8 Å². The lowest BCUT2D eigenvalue weighted by atomic mass is 10.1. The Labute approximate surface area is 226 Å². The van der Waals surface area contributed by atoms with Crippen LogP contribution in [0.25, 0.3) is 21.8 Å². The molecule has 1 aliphatic heterocycles. The highest BCUT2D eigenvalue weighted by Crippen LogP contribution is 2.34. The number of aryl methyl sites for hydroxylation is 1. The number of hydrogen-bond acceptors (Lipinski definition) is 8. The molecular formula is C28H33N5O4S. The zero-order valence-electron chi connectivity index (χ0n) is 21.8. The molecule has 200 valence electrons. The summed E-state index contributed by atoms with van der Waals surface area (Å²) in [6.07, 6.45) is 3.31.